The zero-order valence-electron chi connectivity index (χ0n) is 20.9. The number of hydrogen-bond donors (Lipinski definition) is 0. The summed E-state index contributed by atoms with van der Waals surface area (Å²) < 4.78 is 6.27. The Balaban J connectivity index is 1.49. The minimum atomic E-state index is 0.246. The second-order valence-electron chi connectivity index (χ2n) is 10.4. The Morgan fingerprint density at radius 3 is 2.65 bits per heavy atom. The number of hydrogen-bond acceptors (Lipinski definition) is 5. The summed E-state index contributed by atoms with van der Waals surface area (Å²) >= 11 is 0. The molecule has 2 aliphatic heterocycles. The number of aromatic nitrogens is 1. The Labute approximate surface area is 204 Å². The van der Waals surface area contributed by atoms with Gasteiger partial charge < -0.3 is 14.5 Å². The monoisotopic (exact) mass is 464 g/mol. The Bertz CT molecular complexity index is 910. The number of fused-ring (bicyclic) bond motifs is 1. The number of likely N-dealkylation sites (N-methyl/N-ethyl adjacent to an activating group) is 1. The quantitative estimate of drug-likeness (QED) is 0.688. The number of nitrogens with zero attached hydrogens (tertiary/aromatic N) is 4. The lowest BCUT2D eigenvalue weighted by Gasteiger charge is -2.45. The van der Waals surface area contributed by atoms with E-state index in [0.29, 0.717) is 13.2 Å². The number of likely N-dealkylation sites (tertiary alicyclic amines) is 1. The molecule has 1 fully saturated rings. The van der Waals surface area contributed by atoms with E-state index in [2.05, 4.69) is 45.1 Å². The number of rotatable bonds is 4. The highest BCUT2D eigenvalue weighted by Gasteiger charge is 2.37. The van der Waals surface area contributed by atoms with Crippen molar-refractivity contribution >= 4 is 5.91 Å². The van der Waals surface area contributed by atoms with Gasteiger partial charge >= 0.3 is 0 Å². The van der Waals surface area contributed by atoms with E-state index in [-0.39, 0.29) is 11.3 Å². The molecule has 1 aromatic heterocycles. The first-order valence-electron chi connectivity index (χ1n) is 12.8. The lowest BCUT2D eigenvalue weighted by atomic mass is 9.73. The molecule has 2 aliphatic rings. The molecule has 184 valence electrons. The first-order valence-corrected chi connectivity index (χ1v) is 12.8. The summed E-state index contributed by atoms with van der Waals surface area (Å²) in [7, 11) is 3.93. The van der Waals surface area contributed by atoms with E-state index >= 15 is 0 Å². The predicted molar refractivity (Wildman–Crippen MR) is 136 cm³/mol. The summed E-state index contributed by atoms with van der Waals surface area (Å²) in [6.07, 6.45) is 10.6. The van der Waals surface area contributed by atoms with E-state index in [9.17, 15) is 4.79 Å². The molecule has 0 saturated carbocycles. The molecule has 3 heterocycles. The van der Waals surface area contributed by atoms with Crippen LogP contribution < -0.4 is 4.74 Å². The average Bonchev–Trinajstić information content (AvgIpc) is 2.82. The third-order valence-electron chi connectivity index (χ3n) is 7.36. The molecule has 6 heteroatoms. The van der Waals surface area contributed by atoms with Gasteiger partial charge in [-0.25, -0.2) is 0 Å². The lowest BCUT2D eigenvalue weighted by molar-refractivity contribution is -0.134. The number of pyridine rings is 1. The summed E-state index contributed by atoms with van der Waals surface area (Å²) in [4.78, 5) is 23.6. The van der Waals surface area contributed by atoms with Gasteiger partial charge in [0.15, 0.2) is 0 Å². The molecule has 6 nitrogen and oxygen atoms in total. The molecule has 0 aliphatic carbocycles. The van der Waals surface area contributed by atoms with Crippen LogP contribution in [0.2, 0.25) is 0 Å². The predicted octanol–water partition coefficient (Wildman–Crippen LogP) is 3.86. The highest BCUT2D eigenvalue weighted by molar-refractivity contribution is 5.78. The fourth-order valence-electron chi connectivity index (χ4n) is 5.48. The van der Waals surface area contributed by atoms with Crippen molar-refractivity contribution in [2.75, 3.05) is 53.4 Å². The second kappa shape index (κ2) is 11.8. The number of para-hydroxylation sites is 1. The minimum Gasteiger partial charge on any atom is -0.492 e. The summed E-state index contributed by atoms with van der Waals surface area (Å²) in [6.45, 7) is 5.72. The summed E-state index contributed by atoms with van der Waals surface area (Å²) in [6, 6.07) is 12.7. The number of carbonyl (C=O) groups excluding carboxylic acids is 1. The van der Waals surface area contributed by atoms with Crippen molar-refractivity contribution in [2.45, 2.75) is 45.1 Å². The Morgan fingerprint density at radius 1 is 1.06 bits per heavy atom. The summed E-state index contributed by atoms with van der Waals surface area (Å²) in [5.74, 6) is 1.29. The van der Waals surface area contributed by atoms with Crippen molar-refractivity contribution in [2.24, 2.45) is 5.41 Å². The first kappa shape index (κ1) is 24.7. The van der Waals surface area contributed by atoms with Crippen LogP contribution in [0.25, 0.3) is 0 Å². The molecule has 0 bridgehead atoms. The molecule has 1 spiro atoms. The van der Waals surface area contributed by atoms with Crippen LogP contribution in [-0.4, -0.2) is 79.0 Å². The van der Waals surface area contributed by atoms with Gasteiger partial charge in [0.25, 0.3) is 0 Å². The van der Waals surface area contributed by atoms with Gasteiger partial charge in [-0.2, -0.15) is 0 Å². The Hall–Kier alpha value is -2.44. The molecule has 0 radical (unpaired) electrons. The van der Waals surface area contributed by atoms with Crippen molar-refractivity contribution in [1.82, 2.24) is 19.7 Å². The molecule has 1 amide bonds. The maximum Gasteiger partial charge on any atom is 0.236 e. The van der Waals surface area contributed by atoms with E-state index in [1.165, 1.54) is 30.4 Å². The van der Waals surface area contributed by atoms with Crippen molar-refractivity contribution in [3.8, 4) is 5.75 Å². The zero-order chi connectivity index (χ0) is 23.8. The number of piperidine rings is 1. The SMILES string of the molecule is CN(C)CC(=O)N1CCC2(CCCCc3ccccc3OCCN(Cc3cccnc3)C2)CC1. The molecule has 0 atom stereocenters. The highest BCUT2D eigenvalue weighted by atomic mass is 16.5. The minimum absolute atomic E-state index is 0.246. The van der Waals surface area contributed by atoms with Crippen LogP contribution in [-0.2, 0) is 17.8 Å². The largest absolute Gasteiger partial charge is 0.492 e. The van der Waals surface area contributed by atoms with Gasteiger partial charge in [0.1, 0.15) is 12.4 Å². The maximum atomic E-state index is 12.7. The van der Waals surface area contributed by atoms with Crippen LogP contribution >= 0.6 is 0 Å². The number of amides is 1. The van der Waals surface area contributed by atoms with Crippen molar-refractivity contribution in [3.05, 3.63) is 59.9 Å². The molecule has 4 rings (SSSR count). The Morgan fingerprint density at radius 2 is 1.88 bits per heavy atom. The smallest absolute Gasteiger partial charge is 0.236 e. The van der Waals surface area contributed by atoms with Crippen LogP contribution in [0.4, 0.5) is 0 Å². The third-order valence-corrected chi connectivity index (χ3v) is 7.36. The van der Waals surface area contributed by atoms with Gasteiger partial charge in [0.05, 0.1) is 6.54 Å². The third kappa shape index (κ3) is 6.80. The topological polar surface area (TPSA) is 48.9 Å². The molecule has 1 saturated heterocycles. The first-order chi connectivity index (χ1) is 16.5. The molecule has 0 unspecified atom stereocenters. The van der Waals surface area contributed by atoms with E-state index in [4.69, 9.17) is 4.74 Å². The van der Waals surface area contributed by atoms with Gasteiger partial charge in [-0.3, -0.25) is 14.7 Å². The number of aryl methyl sites for hydroxylation is 1. The molecule has 34 heavy (non-hydrogen) atoms. The fraction of sp³-hybridized carbons (Fsp3) is 0.571. The normalized spacial score (nSPS) is 19.7. The van der Waals surface area contributed by atoms with Crippen LogP contribution in [0.1, 0.15) is 43.2 Å². The van der Waals surface area contributed by atoms with Crippen molar-refractivity contribution < 1.29 is 9.53 Å². The standard InChI is InChI=1S/C28H40N4O2/c1-30(2)22-27(33)32-16-13-28(14-17-32)12-6-5-10-25-9-3-4-11-26(25)34-19-18-31(23-28)21-24-8-7-15-29-20-24/h3-4,7-9,11,15,20H,5-6,10,12-14,16-19,21-23H2,1-2H3. The molecule has 2 aromatic rings. The van der Waals surface area contributed by atoms with Gasteiger partial charge in [-0.15, -0.1) is 0 Å². The van der Waals surface area contributed by atoms with Crippen LogP contribution in [0.5, 0.6) is 5.75 Å². The molecular weight excluding hydrogens is 424 g/mol. The zero-order valence-corrected chi connectivity index (χ0v) is 20.9. The van der Waals surface area contributed by atoms with Crippen LogP contribution in [0.3, 0.4) is 0 Å². The highest BCUT2D eigenvalue weighted by Crippen LogP contribution is 2.38. The van der Waals surface area contributed by atoms with Crippen molar-refractivity contribution in [3.63, 3.8) is 0 Å². The number of benzene rings is 1. The second-order valence-corrected chi connectivity index (χ2v) is 10.4. The van der Waals surface area contributed by atoms with E-state index in [0.717, 1.165) is 57.7 Å². The molecule has 1 aromatic carbocycles. The Kier molecular flexibility index (Phi) is 8.57. The number of carbonyl (C=O) groups is 1. The lowest BCUT2D eigenvalue weighted by Crippen LogP contribution is -2.50. The van der Waals surface area contributed by atoms with Gasteiger partial charge in [-0.05, 0) is 74.9 Å². The van der Waals surface area contributed by atoms with Crippen molar-refractivity contribution in [1.29, 1.82) is 0 Å². The summed E-state index contributed by atoms with van der Waals surface area (Å²) in [5.41, 5.74) is 2.80. The van der Waals surface area contributed by atoms with E-state index < -0.39 is 0 Å². The number of ether oxygens (including phenoxy) is 1. The maximum absolute atomic E-state index is 12.7. The van der Waals surface area contributed by atoms with Gasteiger partial charge in [0, 0.05) is 45.1 Å². The van der Waals surface area contributed by atoms with Gasteiger partial charge in [-0.1, -0.05) is 30.7 Å². The van der Waals surface area contributed by atoms with Crippen LogP contribution in [0, 0.1) is 5.41 Å². The average molecular weight is 465 g/mol. The van der Waals surface area contributed by atoms with E-state index in [1.54, 1.807) is 0 Å². The van der Waals surface area contributed by atoms with Gasteiger partial charge in [0.2, 0.25) is 5.91 Å². The van der Waals surface area contributed by atoms with E-state index in [1.807, 2.05) is 37.5 Å². The molecular formula is C28H40N4O2. The fourth-order valence-corrected chi connectivity index (χ4v) is 5.48. The van der Waals surface area contributed by atoms with Crippen LogP contribution in [0.15, 0.2) is 48.8 Å². The summed E-state index contributed by atoms with van der Waals surface area (Å²) in [5, 5.41) is 0. The molecule has 0 N–H and O–H groups in total.